The molecule has 38 heavy (non-hydrogen) atoms. The number of aromatic hydroxyl groups is 1. The third-order valence-electron chi connectivity index (χ3n) is 8.59. The Morgan fingerprint density at radius 1 is 1.03 bits per heavy atom. The molecule has 0 spiro atoms. The second-order valence-electron chi connectivity index (χ2n) is 11.4. The number of hydrogen-bond donors (Lipinski definition) is 1. The van der Waals surface area contributed by atoms with Gasteiger partial charge in [0.2, 0.25) is 5.91 Å². The van der Waals surface area contributed by atoms with Crippen molar-refractivity contribution >= 4 is 17.5 Å². The molecular weight excluding hydrogens is 478 g/mol. The van der Waals surface area contributed by atoms with Crippen molar-refractivity contribution in [1.29, 1.82) is 0 Å². The Hall–Kier alpha value is -3.23. The van der Waals surface area contributed by atoms with Crippen molar-refractivity contribution in [2.75, 3.05) is 52.9 Å². The maximum Gasteiger partial charge on any atom is 0.258 e. The highest BCUT2D eigenvalue weighted by Crippen LogP contribution is 2.34. The van der Waals surface area contributed by atoms with Gasteiger partial charge in [-0.15, -0.1) is 0 Å². The number of likely N-dealkylation sites (N-methyl/N-ethyl adjacent to an activating group) is 1. The van der Waals surface area contributed by atoms with E-state index in [0.29, 0.717) is 38.2 Å². The summed E-state index contributed by atoms with van der Waals surface area (Å²) in [5, 5.41) is 10.9. The number of fused-ring (bicyclic) bond motifs is 2. The molecule has 8 heteroatoms. The van der Waals surface area contributed by atoms with Gasteiger partial charge in [0.15, 0.2) is 0 Å². The molecule has 0 unspecified atom stereocenters. The van der Waals surface area contributed by atoms with Crippen LogP contribution in [0.2, 0.25) is 0 Å². The summed E-state index contributed by atoms with van der Waals surface area (Å²) < 4.78 is 0. The summed E-state index contributed by atoms with van der Waals surface area (Å²) in [5.74, 6) is 0.153. The Morgan fingerprint density at radius 2 is 1.82 bits per heavy atom. The van der Waals surface area contributed by atoms with E-state index in [1.165, 1.54) is 16.7 Å². The molecule has 1 atom stereocenters. The van der Waals surface area contributed by atoms with Gasteiger partial charge in [-0.25, -0.2) is 0 Å². The largest absolute Gasteiger partial charge is 0.507 e. The summed E-state index contributed by atoms with van der Waals surface area (Å²) in [6.07, 6.45) is 1.46. The van der Waals surface area contributed by atoms with Crippen molar-refractivity contribution in [3.63, 3.8) is 0 Å². The second-order valence-corrected chi connectivity index (χ2v) is 11.4. The van der Waals surface area contributed by atoms with E-state index >= 15 is 0 Å². The topological polar surface area (TPSA) is 79.7 Å². The second kappa shape index (κ2) is 10.2. The fourth-order valence-electron chi connectivity index (χ4n) is 6.18. The maximum atomic E-state index is 13.7. The van der Waals surface area contributed by atoms with Crippen LogP contribution in [-0.2, 0) is 24.4 Å². The lowest BCUT2D eigenvalue weighted by molar-refractivity contribution is -0.127. The first-order chi connectivity index (χ1) is 18.4. The first kappa shape index (κ1) is 25.1. The molecule has 2 aromatic carbocycles. The number of phenols is 1. The smallest absolute Gasteiger partial charge is 0.258 e. The van der Waals surface area contributed by atoms with E-state index in [1.807, 2.05) is 15.9 Å². The highest BCUT2D eigenvalue weighted by Gasteiger charge is 2.31. The Balaban J connectivity index is 1.20. The zero-order valence-corrected chi connectivity index (χ0v) is 22.4. The molecule has 4 aliphatic heterocycles. The minimum atomic E-state index is -0.169. The van der Waals surface area contributed by atoms with Crippen LogP contribution in [0.25, 0.3) is 0 Å². The first-order valence-corrected chi connectivity index (χ1v) is 13.8. The summed E-state index contributed by atoms with van der Waals surface area (Å²) in [6.45, 7) is 10.3. The van der Waals surface area contributed by atoms with Gasteiger partial charge >= 0.3 is 0 Å². The number of likely N-dealkylation sites (tertiary alicyclic amines) is 1. The SMILES string of the molecule is C[C@H]1CN=C(CN2CCCC2=O)c2cc(C(=O)N3Cc4ccc(CN5CCN(C)CC5)cc4C3)c(O)cc21. The van der Waals surface area contributed by atoms with E-state index in [2.05, 4.69) is 42.0 Å². The number of piperazine rings is 1. The van der Waals surface area contributed by atoms with Crippen LogP contribution < -0.4 is 0 Å². The number of phenolic OH excluding ortho intramolecular Hbond substituents is 1. The van der Waals surface area contributed by atoms with Crippen LogP contribution in [-0.4, -0.2) is 95.1 Å². The molecule has 200 valence electrons. The Kier molecular flexibility index (Phi) is 6.70. The predicted molar refractivity (Wildman–Crippen MR) is 147 cm³/mol. The first-order valence-electron chi connectivity index (χ1n) is 13.8. The Morgan fingerprint density at radius 3 is 2.58 bits per heavy atom. The Bertz CT molecular complexity index is 1300. The maximum absolute atomic E-state index is 13.7. The van der Waals surface area contributed by atoms with Gasteiger partial charge in [0, 0.05) is 76.8 Å². The molecular formula is C30H37N5O3. The molecule has 2 amide bonds. The number of amides is 2. The number of hydrogen-bond acceptors (Lipinski definition) is 6. The van der Waals surface area contributed by atoms with Crippen molar-refractivity contribution in [3.05, 3.63) is 63.7 Å². The van der Waals surface area contributed by atoms with Crippen LogP contribution >= 0.6 is 0 Å². The summed E-state index contributed by atoms with van der Waals surface area (Å²) in [4.78, 5) is 39.2. The normalized spacial score (nSPS) is 22.0. The minimum absolute atomic E-state index is 0.0193. The average molecular weight is 516 g/mol. The van der Waals surface area contributed by atoms with Crippen LogP contribution in [0.5, 0.6) is 5.75 Å². The molecule has 0 aliphatic carbocycles. The van der Waals surface area contributed by atoms with Gasteiger partial charge in [-0.05, 0) is 47.9 Å². The van der Waals surface area contributed by atoms with Gasteiger partial charge in [0.05, 0.1) is 17.8 Å². The summed E-state index contributed by atoms with van der Waals surface area (Å²) in [7, 11) is 2.17. The van der Waals surface area contributed by atoms with E-state index in [1.54, 1.807) is 6.07 Å². The number of aliphatic imine (C=N–C) groups is 1. The molecule has 6 rings (SSSR count). The third kappa shape index (κ3) is 4.83. The number of carbonyl (C=O) groups is 2. The monoisotopic (exact) mass is 515 g/mol. The highest BCUT2D eigenvalue weighted by atomic mass is 16.3. The Labute approximate surface area is 224 Å². The number of rotatable bonds is 5. The fourth-order valence-corrected chi connectivity index (χ4v) is 6.18. The molecule has 0 aromatic heterocycles. The van der Waals surface area contributed by atoms with Gasteiger partial charge in [0.25, 0.3) is 5.91 Å². The van der Waals surface area contributed by atoms with Gasteiger partial charge in [-0.1, -0.05) is 25.1 Å². The van der Waals surface area contributed by atoms with E-state index in [9.17, 15) is 14.7 Å². The fraction of sp³-hybridized carbons (Fsp3) is 0.500. The van der Waals surface area contributed by atoms with Crippen molar-refractivity contribution in [2.45, 2.75) is 45.3 Å². The highest BCUT2D eigenvalue weighted by molar-refractivity contribution is 6.08. The molecule has 2 saturated heterocycles. The molecule has 0 radical (unpaired) electrons. The lowest BCUT2D eigenvalue weighted by Crippen LogP contribution is -2.43. The number of benzene rings is 2. The van der Waals surface area contributed by atoms with Gasteiger partial charge in [-0.2, -0.15) is 0 Å². The van der Waals surface area contributed by atoms with Gasteiger partial charge in [-0.3, -0.25) is 19.5 Å². The van der Waals surface area contributed by atoms with E-state index < -0.39 is 0 Å². The molecule has 4 aliphatic rings. The van der Waals surface area contributed by atoms with E-state index in [-0.39, 0.29) is 23.5 Å². The quantitative estimate of drug-likeness (QED) is 0.663. The summed E-state index contributed by atoms with van der Waals surface area (Å²) in [5.41, 5.74) is 6.66. The zero-order chi connectivity index (χ0) is 26.4. The molecule has 0 saturated carbocycles. The van der Waals surface area contributed by atoms with Crippen molar-refractivity contribution in [2.24, 2.45) is 4.99 Å². The zero-order valence-electron chi connectivity index (χ0n) is 22.4. The van der Waals surface area contributed by atoms with Crippen molar-refractivity contribution < 1.29 is 14.7 Å². The minimum Gasteiger partial charge on any atom is -0.507 e. The number of nitrogens with zero attached hydrogens (tertiary/aromatic N) is 5. The molecule has 8 nitrogen and oxygen atoms in total. The molecule has 2 fully saturated rings. The molecule has 1 N–H and O–H groups in total. The van der Waals surface area contributed by atoms with Crippen LogP contribution in [0.4, 0.5) is 0 Å². The van der Waals surface area contributed by atoms with E-state index in [0.717, 1.165) is 62.5 Å². The predicted octanol–water partition coefficient (Wildman–Crippen LogP) is 2.82. The van der Waals surface area contributed by atoms with Crippen LogP contribution in [0.3, 0.4) is 0 Å². The van der Waals surface area contributed by atoms with Crippen LogP contribution in [0, 0.1) is 0 Å². The standard InChI is InChI=1S/C30H37N5O3/c1-20-15-31-27(19-34-7-3-4-29(34)37)25-13-26(28(36)14-24(20)25)30(38)35-17-22-6-5-21(12-23(22)18-35)16-33-10-8-32(2)9-11-33/h5-6,12-14,20,36H,3-4,7-11,15-19H2,1-2H3/t20-/m0/s1. The molecule has 0 bridgehead atoms. The average Bonchev–Trinajstić information content (AvgIpc) is 3.52. The summed E-state index contributed by atoms with van der Waals surface area (Å²) >= 11 is 0. The molecule has 2 aromatic rings. The van der Waals surface area contributed by atoms with Gasteiger partial charge in [0.1, 0.15) is 5.75 Å². The van der Waals surface area contributed by atoms with Crippen LogP contribution in [0.15, 0.2) is 35.3 Å². The number of carbonyl (C=O) groups excluding carboxylic acids is 2. The van der Waals surface area contributed by atoms with Crippen LogP contribution in [0.1, 0.15) is 63.9 Å². The summed E-state index contributed by atoms with van der Waals surface area (Å²) in [6, 6.07) is 10.1. The van der Waals surface area contributed by atoms with Crippen molar-refractivity contribution in [1.82, 2.24) is 19.6 Å². The lowest BCUT2D eigenvalue weighted by atomic mass is 9.88. The van der Waals surface area contributed by atoms with Gasteiger partial charge < -0.3 is 19.8 Å². The third-order valence-corrected chi connectivity index (χ3v) is 8.59. The van der Waals surface area contributed by atoms with E-state index in [4.69, 9.17) is 4.99 Å². The lowest BCUT2D eigenvalue weighted by Gasteiger charge is -2.32. The molecule has 4 heterocycles. The van der Waals surface area contributed by atoms with Crippen molar-refractivity contribution in [3.8, 4) is 5.75 Å².